The number of aromatic nitrogens is 1. The number of rotatable bonds is 5. The summed E-state index contributed by atoms with van der Waals surface area (Å²) in [4.78, 5) is 11.6. The van der Waals surface area contributed by atoms with Gasteiger partial charge in [-0.15, -0.1) is 0 Å². The van der Waals surface area contributed by atoms with Crippen LogP contribution in [0.3, 0.4) is 0 Å². The summed E-state index contributed by atoms with van der Waals surface area (Å²) < 4.78 is 1.73. The third-order valence-electron chi connectivity index (χ3n) is 2.86. The Bertz CT molecular complexity index is 590. The minimum atomic E-state index is 0.0406. The zero-order valence-electron chi connectivity index (χ0n) is 10.9. The lowest BCUT2D eigenvalue weighted by Gasteiger charge is -2.09. The van der Waals surface area contributed by atoms with Crippen LogP contribution in [0.15, 0.2) is 47.4 Å². The van der Waals surface area contributed by atoms with E-state index >= 15 is 0 Å². The third-order valence-corrected chi connectivity index (χ3v) is 3.11. The van der Waals surface area contributed by atoms with Gasteiger partial charge in [0.1, 0.15) is 0 Å². The molecule has 0 aliphatic heterocycles. The molecule has 0 unspecified atom stereocenters. The Morgan fingerprint density at radius 3 is 2.58 bits per heavy atom. The lowest BCUT2D eigenvalue weighted by molar-refractivity contribution is 0.655. The van der Waals surface area contributed by atoms with Crippen molar-refractivity contribution in [2.24, 2.45) is 0 Å². The zero-order valence-corrected chi connectivity index (χ0v) is 11.7. The van der Waals surface area contributed by atoms with E-state index in [0.29, 0.717) is 6.54 Å². The molecular formula is C15H17ClN2O. The standard InChI is InChI=1S/C15H17ClN2O/c1-2-9-18-11-14(7-8-15(18)19)17-10-12-3-5-13(16)6-4-12/h3-8,11,17H,2,9-10H2,1H3. The largest absolute Gasteiger partial charge is 0.380 e. The van der Waals surface area contributed by atoms with Crippen molar-refractivity contribution in [1.82, 2.24) is 4.57 Å². The summed E-state index contributed by atoms with van der Waals surface area (Å²) in [5, 5.41) is 4.04. The fourth-order valence-electron chi connectivity index (χ4n) is 1.86. The molecule has 0 amide bonds. The number of anilines is 1. The van der Waals surface area contributed by atoms with Crippen molar-refractivity contribution in [2.75, 3.05) is 5.32 Å². The Morgan fingerprint density at radius 2 is 1.89 bits per heavy atom. The van der Waals surface area contributed by atoms with Crippen LogP contribution >= 0.6 is 11.6 Å². The van der Waals surface area contributed by atoms with Gasteiger partial charge in [0.15, 0.2) is 0 Å². The molecule has 1 aromatic heterocycles. The van der Waals surface area contributed by atoms with Gasteiger partial charge in [-0.05, 0) is 30.2 Å². The van der Waals surface area contributed by atoms with Crippen LogP contribution in [0.5, 0.6) is 0 Å². The van der Waals surface area contributed by atoms with Crippen molar-refractivity contribution in [1.29, 1.82) is 0 Å². The molecule has 2 aromatic rings. The van der Waals surface area contributed by atoms with Crippen LogP contribution in [-0.4, -0.2) is 4.57 Å². The molecule has 0 saturated carbocycles. The van der Waals surface area contributed by atoms with Crippen molar-refractivity contribution >= 4 is 17.3 Å². The average Bonchev–Trinajstić information content (AvgIpc) is 2.42. The van der Waals surface area contributed by atoms with Crippen molar-refractivity contribution in [3.05, 3.63) is 63.5 Å². The van der Waals surface area contributed by atoms with E-state index in [-0.39, 0.29) is 5.56 Å². The molecule has 0 aliphatic rings. The van der Waals surface area contributed by atoms with E-state index in [0.717, 1.165) is 29.2 Å². The van der Waals surface area contributed by atoms with E-state index in [1.165, 1.54) is 0 Å². The highest BCUT2D eigenvalue weighted by Gasteiger charge is 1.98. The summed E-state index contributed by atoms with van der Waals surface area (Å²) in [7, 11) is 0. The maximum absolute atomic E-state index is 11.6. The molecule has 0 saturated heterocycles. The molecule has 0 aliphatic carbocycles. The number of nitrogens with one attached hydrogen (secondary N) is 1. The number of aryl methyl sites for hydroxylation is 1. The second-order valence-electron chi connectivity index (χ2n) is 4.43. The number of nitrogens with zero attached hydrogens (tertiary/aromatic N) is 1. The average molecular weight is 277 g/mol. The molecule has 2 rings (SSSR count). The van der Waals surface area contributed by atoms with Gasteiger partial charge in [0.05, 0.1) is 5.69 Å². The lowest BCUT2D eigenvalue weighted by Crippen LogP contribution is -2.18. The second-order valence-corrected chi connectivity index (χ2v) is 4.87. The van der Waals surface area contributed by atoms with Gasteiger partial charge in [-0.3, -0.25) is 4.79 Å². The predicted octanol–water partition coefficient (Wildman–Crippen LogP) is 3.52. The van der Waals surface area contributed by atoms with Crippen molar-refractivity contribution in [2.45, 2.75) is 26.4 Å². The highest BCUT2D eigenvalue weighted by molar-refractivity contribution is 6.30. The number of benzene rings is 1. The molecule has 19 heavy (non-hydrogen) atoms. The summed E-state index contributed by atoms with van der Waals surface area (Å²) in [6.45, 7) is 3.51. The third kappa shape index (κ3) is 3.86. The zero-order chi connectivity index (χ0) is 13.7. The summed E-state index contributed by atoms with van der Waals surface area (Å²) in [6.07, 6.45) is 2.81. The van der Waals surface area contributed by atoms with E-state index in [9.17, 15) is 4.79 Å². The summed E-state index contributed by atoms with van der Waals surface area (Å²) in [5.41, 5.74) is 2.14. The van der Waals surface area contributed by atoms with Gasteiger partial charge < -0.3 is 9.88 Å². The Morgan fingerprint density at radius 1 is 1.16 bits per heavy atom. The van der Waals surface area contributed by atoms with Crippen LogP contribution in [0.4, 0.5) is 5.69 Å². The number of pyridine rings is 1. The van der Waals surface area contributed by atoms with E-state index < -0.39 is 0 Å². The summed E-state index contributed by atoms with van der Waals surface area (Å²) in [6, 6.07) is 11.1. The smallest absolute Gasteiger partial charge is 0.250 e. The minimum absolute atomic E-state index is 0.0406. The fourth-order valence-corrected chi connectivity index (χ4v) is 1.98. The molecule has 4 heteroatoms. The van der Waals surface area contributed by atoms with Gasteiger partial charge in [0.25, 0.3) is 5.56 Å². The van der Waals surface area contributed by atoms with E-state index in [4.69, 9.17) is 11.6 Å². The molecule has 0 spiro atoms. The van der Waals surface area contributed by atoms with Crippen molar-refractivity contribution in [3.8, 4) is 0 Å². The Hall–Kier alpha value is -1.74. The predicted molar refractivity (Wildman–Crippen MR) is 79.8 cm³/mol. The second kappa shape index (κ2) is 6.43. The van der Waals surface area contributed by atoms with Crippen LogP contribution in [0.25, 0.3) is 0 Å². The van der Waals surface area contributed by atoms with Gasteiger partial charge in [0.2, 0.25) is 0 Å². The Labute approximate surface area is 117 Å². The maximum Gasteiger partial charge on any atom is 0.250 e. The van der Waals surface area contributed by atoms with Crippen LogP contribution in [-0.2, 0) is 13.1 Å². The van der Waals surface area contributed by atoms with Crippen LogP contribution in [0.2, 0.25) is 5.02 Å². The first-order valence-corrected chi connectivity index (χ1v) is 6.75. The molecule has 1 heterocycles. The molecule has 0 bridgehead atoms. The molecule has 0 fully saturated rings. The molecule has 100 valence electrons. The molecular weight excluding hydrogens is 260 g/mol. The molecule has 3 nitrogen and oxygen atoms in total. The quantitative estimate of drug-likeness (QED) is 0.907. The van der Waals surface area contributed by atoms with Gasteiger partial charge in [0, 0.05) is 30.4 Å². The van der Waals surface area contributed by atoms with E-state index in [2.05, 4.69) is 12.2 Å². The van der Waals surface area contributed by atoms with Crippen LogP contribution < -0.4 is 10.9 Å². The van der Waals surface area contributed by atoms with Gasteiger partial charge in [-0.2, -0.15) is 0 Å². The fraction of sp³-hybridized carbons (Fsp3) is 0.267. The topological polar surface area (TPSA) is 34.0 Å². The first-order valence-electron chi connectivity index (χ1n) is 6.38. The van der Waals surface area contributed by atoms with Crippen LogP contribution in [0, 0.1) is 0 Å². The molecule has 1 aromatic carbocycles. The highest BCUT2D eigenvalue weighted by Crippen LogP contribution is 2.11. The summed E-state index contributed by atoms with van der Waals surface area (Å²) >= 11 is 5.84. The first-order chi connectivity index (χ1) is 9.19. The summed E-state index contributed by atoms with van der Waals surface area (Å²) in [5.74, 6) is 0. The number of halogens is 1. The maximum atomic E-state index is 11.6. The molecule has 0 radical (unpaired) electrons. The highest BCUT2D eigenvalue weighted by atomic mass is 35.5. The minimum Gasteiger partial charge on any atom is -0.380 e. The van der Waals surface area contributed by atoms with Crippen molar-refractivity contribution in [3.63, 3.8) is 0 Å². The van der Waals surface area contributed by atoms with Crippen molar-refractivity contribution < 1.29 is 0 Å². The number of hydrogen-bond donors (Lipinski definition) is 1. The number of hydrogen-bond acceptors (Lipinski definition) is 2. The van der Waals surface area contributed by atoms with Crippen LogP contribution in [0.1, 0.15) is 18.9 Å². The normalized spacial score (nSPS) is 10.4. The molecule has 1 N–H and O–H groups in total. The molecule has 0 atom stereocenters. The van der Waals surface area contributed by atoms with E-state index in [1.807, 2.05) is 36.5 Å². The van der Waals surface area contributed by atoms with Gasteiger partial charge in [-0.25, -0.2) is 0 Å². The Balaban J connectivity index is 2.05. The first kappa shape index (κ1) is 13.7. The van der Waals surface area contributed by atoms with Gasteiger partial charge in [-0.1, -0.05) is 30.7 Å². The SMILES string of the molecule is CCCn1cc(NCc2ccc(Cl)cc2)ccc1=O. The van der Waals surface area contributed by atoms with E-state index in [1.54, 1.807) is 10.6 Å². The Kier molecular flexibility index (Phi) is 4.63. The van der Waals surface area contributed by atoms with Gasteiger partial charge >= 0.3 is 0 Å². The monoisotopic (exact) mass is 276 g/mol. The lowest BCUT2D eigenvalue weighted by atomic mass is 10.2.